The third-order valence-electron chi connectivity index (χ3n) is 4.22. The minimum atomic E-state index is 0.230. The first kappa shape index (κ1) is 17.5. The van der Waals surface area contributed by atoms with E-state index in [4.69, 9.17) is 6.42 Å². The first-order valence-corrected chi connectivity index (χ1v) is 7.52. The van der Waals surface area contributed by atoms with Crippen LogP contribution in [0.15, 0.2) is 0 Å². The van der Waals surface area contributed by atoms with Crippen molar-refractivity contribution in [2.75, 3.05) is 19.6 Å². The monoisotopic (exact) mass is 252 g/mol. The number of hydrogen-bond acceptors (Lipinski definition) is 2. The van der Waals surface area contributed by atoms with Crippen molar-refractivity contribution in [3.63, 3.8) is 0 Å². The number of likely N-dealkylation sites (N-methyl/N-ethyl adjacent to an activating group) is 2. The molecule has 1 N–H and O–H groups in total. The topological polar surface area (TPSA) is 15.3 Å². The summed E-state index contributed by atoms with van der Waals surface area (Å²) in [5.74, 6) is 2.75. The normalized spacial score (nSPS) is 16.3. The molecule has 0 aromatic carbocycles. The van der Waals surface area contributed by atoms with Gasteiger partial charge in [-0.3, -0.25) is 4.90 Å². The molecule has 2 heteroatoms. The molecule has 0 aliphatic carbocycles. The van der Waals surface area contributed by atoms with Crippen molar-refractivity contribution in [1.82, 2.24) is 10.2 Å². The molecule has 0 fully saturated rings. The van der Waals surface area contributed by atoms with Crippen molar-refractivity contribution in [3.05, 3.63) is 0 Å². The average Bonchev–Trinajstić information content (AvgIpc) is 2.39. The summed E-state index contributed by atoms with van der Waals surface area (Å²) in [5, 5.41) is 3.67. The summed E-state index contributed by atoms with van der Waals surface area (Å²) in [7, 11) is 0. The molecule has 0 aromatic heterocycles. The number of unbranched alkanes of at least 4 members (excludes halogenated alkanes) is 1. The SMILES string of the molecule is C#CCCCC(NCC)C(C)(CC)N(CC)CC. The number of nitrogens with zero attached hydrogens (tertiary/aromatic N) is 1. The lowest BCUT2D eigenvalue weighted by Crippen LogP contribution is -2.59. The molecule has 0 saturated carbocycles. The molecule has 0 radical (unpaired) electrons. The van der Waals surface area contributed by atoms with Gasteiger partial charge in [-0.15, -0.1) is 12.3 Å². The Labute approximate surface area is 115 Å². The Hall–Kier alpha value is -0.520. The van der Waals surface area contributed by atoms with Gasteiger partial charge in [-0.1, -0.05) is 27.7 Å². The molecule has 18 heavy (non-hydrogen) atoms. The van der Waals surface area contributed by atoms with Crippen LogP contribution >= 0.6 is 0 Å². The fraction of sp³-hybridized carbons (Fsp3) is 0.875. The van der Waals surface area contributed by atoms with E-state index in [1.165, 1.54) is 12.8 Å². The van der Waals surface area contributed by atoms with Gasteiger partial charge in [0.25, 0.3) is 0 Å². The van der Waals surface area contributed by atoms with E-state index in [-0.39, 0.29) is 5.54 Å². The molecule has 0 amide bonds. The van der Waals surface area contributed by atoms with Gasteiger partial charge >= 0.3 is 0 Å². The molecule has 0 saturated heterocycles. The summed E-state index contributed by atoms with van der Waals surface area (Å²) in [6.07, 6.45) is 9.70. The summed E-state index contributed by atoms with van der Waals surface area (Å²) < 4.78 is 0. The zero-order valence-electron chi connectivity index (χ0n) is 13.1. The summed E-state index contributed by atoms with van der Waals surface area (Å²) in [4.78, 5) is 2.58. The van der Waals surface area contributed by atoms with Gasteiger partial charge in [0.15, 0.2) is 0 Å². The molecular formula is C16H32N2. The van der Waals surface area contributed by atoms with E-state index in [1.54, 1.807) is 0 Å². The highest BCUT2D eigenvalue weighted by molar-refractivity contribution is 4.96. The molecule has 0 bridgehead atoms. The van der Waals surface area contributed by atoms with Crippen LogP contribution in [-0.2, 0) is 0 Å². The lowest BCUT2D eigenvalue weighted by molar-refractivity contribution is 0.0666. The van der Waals surface area contributed by atoms with E-state index in [0.717, 1.165) is 32.5 Å². The summed E-state index contributed by atoms with van der Waals surface area (Å²) in [5.41, 5.74) is 0.230. The standard InChI is InChI=1S/C16H32N2/c1-7-12-13-14-15(17-9-3)16(6,8-2)18(10-4)11-5/h1,15,17H,8-14H2,2-6H3. The van der Waals surface area contributed by atoms with Crippen molar-refractivity contribution in [2.24, 2.45) is 0 Å². The molecule has 2 unspecified atom stereocenters. The van der Waals surface area contributed by atoms with Crippen LogP contribution in [0.1, 0.15) is 60.3 Å². The highest BCUT2D eigenvalue weighted by Gasteiger charge is 2.35. The molecule has 0 rings (SSSR count). The molecule has 0 spiro atoms. The Bertz CT molecular complexity index is 240. The maximum atomic E-state index is 5.36. The fourth-order valence-corrected chi connectivity index (χ4v) is 2.92. The van der Waals surface area contributed by atoms with Crippen LogP contribution in [0.3, 0.4) is 0 Å². The van der Waals surface area contributed by atoms with Crippen LogP contribution in [0, 0.1) is 12.3 Å². The van der Waals surface area contributed by atoms with Crippen LogP contribution < -0.4 is 5.32 Å². The van der Waals surface area contributed by atoms with Gasteiger partial charge in [-0.05, 0) is 45.8 Å². The van der Waals surface area contributed by atoms with Gasteiger partial charge in [0.1, 0.15) is 0 Å². The van der Waals surface area contributed by atoms with Gasteiger partial charge < -0.3 is 5.32 Å². The zero-order chi connectivity index (χ0) is 14.0. The highest BCUT2D eigenvalue weighted by atomic mass is 15.2. The highest BCUT2D eigenvalue weighted by Crippen LogP contribution is 2.26. The number of terminal acetylenes is 1. The van der Waals surface area contributed by atoms with Crippen LogP contribution in [0.4, 0.5) is 0 Å². The van der Waals surface area contributed by atoms with Crippen LogP contribution in [0.25, 0.3) is 0 Å². The van der Waals surface area contributed by atoms with E-state index in [2.05, 4.69) is 50.8 Å². The molecular weight excluding hydrogens is 220 g/mol. The predicted octanol–water partition coefficient (Wildman–Crippen LogP) is 3.28. The van der Waals surface area contributed by atoms with Crippen molar-refractivity contribution >= 4 is 0 Å². The lowest BCUT2D eigenvalue weighted by atomic mass is 9.84. The first-order valence-electron chi connectivity index (χ1n) is 7.52. The minimum Gasteiger partial charge on any atom is -0.312 e. The van der Waals surface area contributed by atoms with Crippen molar-refractivity contribution in [3.8, 4) is 12.3 Å². The molecule has 2 atom stereocenters. The second kappa shape index (κ2) is 9.42. The number of nitrogens with one attached hydrogen (secondary N) is 1. The molecule has 0 heterocycles. The Morgan fingerprint density at radius 2 is 1.83 bits per heavy atom. The summed E-state index contributed by atoms with van der Waals surface area (Å²) in [6.45, 7) is 14.6. The van der Waals surface area contributed by atoms with E-state index >= 15 is 0 Å². The Balaban J connectivity index is 4.82. The van der Waals surface area contributed by atoms with Gasteiger partial charge in [-0.2, -0.15) is 0 Å². The maximum absolute atomic E-state index is 5.36. The minimum absolute atomic E-state index is 0.230. The van der Waals surface area contributed by atoms with Gasteiger partial charge in [-0.25, -0.2) is 0 Å². The van der Waals surface area contributed by atoms with E-state index in [9.17, 15) is 0 Å². The maximum Gasteiger partial charge on any atom is 0.0331 e. The zero-order valence-corrected chi connectivity index (χ0v) is 13.1. The van der Waals surface area contributed by atoms with Crippen molar-refractivity contribution in [1.29, 1.82) is 0 Å². The van der Waals surface area contributed by atoms with Crippen molar-refractivity contribution in [2.45, 2.75) is 71.9 Å². The Morgan fingerprint density at radius 1 is 1.22 bits per heavy atom. The lowest BCUT2D eigenvalue weighted by Gasteiger charge is -2.46. The first-order chi connectivity index (χ1) is 8.60. The number of rotatable bonds is 10. The van der Waals surface area contributed by atoms with Crippen LogP contribution in [0.5, 0.6) is 0 Å². The average molecular weight is 252 g/mol. The smallest absolute Gasteiger partial charge is 0.0331 e. The molecule has 106 valence electrons. The predicted molar refractivity (Wildman–Crippen MR) is 81.8 cm³/mol. The molecule has 0 aromatic rings. The second-order valence-corrected chi connectivity index (χ2v) is 5.09. The third-order valence-corrected chi connectivity index (χ3v) is 4.22. The van der Waals surface area contributed by atoms with Gasteiger partial charge in [0, 0.05) is 18.0 Å². The number of hydrogen-bond donors (Lipinski definition) is 1. The fourth-order valence-electron chi connectivity index (χ4n) is 2.92. The third kappa shape index (κ3) is 4.63. The van der Waals surface area contributed by atoms with Crippen LogP contribution in [0.2, 0.25) is 0 Å². The summed E-state index contributed by atoms with van der Waals surface area (Å²) in [6, 6.07) is 0.528. The summed E-state index contributed by atoms with van der Waals surface area (Å²) >= 11 is 0. The largest absolute Gasteiger partial charge is 0.312 e. The second-order valence-electron chi connectivity index (χ2n) is 5.09. The van der Waals surface area contributed by atoms with E-state index in [0.29, 0.717) is 6.04 Å². The van der Waals surface area contributed by atoms with Gasteiger partial charge in [0.2, 0.25) is 0 Å². The molecule has 0 aliphatic rings. The molecule has 0 aliphatic heterocycles. The Morgan fingerprint density at radius 3 is 2.22 bits per heavy atom. The van der Waals surface area contributed by atoms with E-state index in [1.807, 2.05) is 0 Å². The molecule has 2 nitrogen and oxygen atoms in total. The Kier molecular flexibility index (Phi) is 9.14. The van der Waals surface area contributed by atoms with Gasteiger partial charge in [0.05, 0.1) is 0 Å². The van der Waals surface area contributed by atoms with Crippen LogP contribution in [-0.4, -0.2) is 36.1 Å². The van der Waals surface area contributed by atoms with E-state index < -0.39 is 0 Å². The van der Waals surface area contributed by atoms with Crippen molar-refractivity contribution < 1.29 is 0 Å². The quantitative estimate of drug-likeness (QED) is 0.474.